The van der Waals surface area contributed by atoms with Crippen molar-refractivity contribution in [1.82, 2.24) is 10.6 Å². The zero-order valence-electron chi connectivity index (χ0n) is 12.0. The minimum absolute atomic E-state index is 0.0604. The Labute approximate surface area is 125 Å². The van der Waals surface area contributed by atoms with Gasteiger partial charge in [0.2, 0.25) is 11.8 Å². The van der Waals surface area contributed by atoms with Gasteiger partial charge in [-0.1, -0.05) is 6.07 Å². The highest BCUT2D eigenvalue weighted by Gasteiger charge is 2.22. The molecule has 6 nitrogen and oxygen atoms in total. The topological polar surface area (TPSA) is 95.5 Å². The van der Waals surface area contributed by atoms with Crippen molar-refractivity contribution in [3.05, 3.63) is 35.4 Å². The van der Waals surface area contributed by atoms with Crippen LogP contribution < -0.4 is 10.6 Å². The van der Waals surface area contributed by atoms with Crippen molar-refractivity contribution in [3.63, 3.8) is 0 Å². The molecule has 1 aromatic rings. The summed E-state index contributed by atoms with van der Waals surface area (Å²) in [5.41, 5.74) is -0.0604. The van der Waals surface area contributed by atoms with Crippen LogP contribution in [0.3, 0.4) is 0 Å². The summed E-state index contributed by atoms with van der Waals surface area (Å²) in [6.07, 6.45) is -0.375. The number of benzene rings is 1. The Morgan fingerprint density at radius 2 is 1.86 bits per heavy atom. The summed E-state index contributed by atoms with van der Waals surface area (Å²) in [4.78, 5) is 33.6. The quantitative estimate of drug-likeness (QED) is 0.733. The fraction of sp³-hybridized carbons (Fsp3) is 0.357. The monoisotopic (exact) mass is 314 g/mol. The third kappa shape index (κ3) is 5.12. The number of hydrogen-bond acceptors (Lipinski definition) is 3. The molecule has 2 atom stereocenters. The Hall–Kier alpha value is -2.51. The van der Waals surface area contributed by atoms with E-state index >= 15 is 0 Å². The van der Waals surface area contributed by atoms with Gasteiger partial charge in [-0.3, -0.25) is 14.4 Å². The predicted molar refractivity (Wildman–Crippen MR) is 72.8 cm³/mol. The Kier molecular flexibility index (Phi) is 5.97. The van der Waals surface area contributed by atoms with Crippen molar-refractivity contribution in [2.75, 3.05) is 0 Å². The van der Waals surface area contributed by atoms with Crippen molar-refractivity contribution < 1.29 is 28.3 Å². The van der Waals surface area contributed by atoms with Gasteiger partial charge < -0.3 is 15.7 Å². The molecule has 0 bridgehead atoms. The average molecular weight is 314 g/mol. The van der Waals surface area contributed by atoms with Crippen LogP contribution in [0.5, 0.6) is 0 Å². The molecular weight excluding hydrogens is 298 g/mol. The molecule has 2 amide bonds. The second kappa shape index (κ2) is 7.48. The minimum Gasteiger partial charge on any atom is -0.480 e. The molecule has 0 saturated carbocycles. The van der Waals surface area contributed by atoms with E-state index in [1.165, 1.54) is 13.8 Å². The highest BCUT2D eigenvalue weighted by atomic mass is 19.1. The number of rotatable bonds is 6. The third-order valence-corrected chi connectivity index (χ3v) is 2.85. The van der Waals surface area contributed by atoms with Crippen LogP contribution in [0.2, 0.25) is 0 Å². The SMILES string of the molecule is CC(=O)NC(CC(=O)NC(C)C(=O)O)c1ccc(F)cc1F. The lowest BCUT2D eigenvalue weighted by Gasteiger charge is -2.19. The van der Waals surface area contributed by atoms with E-state index in [9.17, 15) is 23.2 Å². The molecule has 0 fully saturated rings. The van der Waals surface area contributed by atoms with E-state index in [-0.39, 0.29) is 12.0 Å². The van der Waals surface area contributed by atoms with Gasteiger partial charge in [-0.15, -0.1) is 0 Å². The summed E-state index contributed by atoms with van der Waals surface area (Å²) < 4.78 is 26.7. The highest BCUT2D eigenvalue weighted by Crippen LogP contribution is 2.21. The number of amides is 2. The predicted octanol–water partition coefficient (Wildman–Crippen LogP) is 1.12. The maximum atomic E-state index is 13.8. The van der Waals surface area contributed by atoms with Crippen LogP contribution in [0.1, 0.15) is 31.9 Å². The molecule has 0 heterocycles. The number of carboxylic acid groups (broad SMARTS) is 1. The van der Waals surface area contributed by atoms with Gasteiger partial charge in [0.05, 0.1) is 12.5 Å². The second-order valence-corrected chi connectivity index (χ2v) is 4.75. The van der Waals surface area contributed by atoms with Gasteiger partial charge in [-0.2, -0.15) is 0 Å². The van der Waals surface area contributed by atoms with Gasteiger partial charge in [0.1, 0.15) is 17.7 Å². The fourth-order valence-corrected chi connectivity index (χ4v) is 1.82. The zero-order valence-corrected chi connectivity index (χ0v) is 12.0. The first-order valence-electron chi connectivity index (χ1n) is 6.45. The van der Waals surface area contributed by atoms with Gasteiger partial charge >= 0.3 is 5.97 Å². The average Bonchev–Trinajstić information content (AvgIpc) is 2.36. The number of aliphatic carboxylic acids is 1. The third-order valence-electron chi connectivity index (χ3n) is 2.85. The molecule has 0 aliphatic heterocycles. The Balaban J connectivity index is 2.91. The van der Waals surface area contributed by atoms with Crippen molar-refractivity contribution in [1.29, 1.82) is 0 Å². The lowest BCUT2D eigenvalue weighted by molar-refractivity contribution is -0.141. The first-order valence-corrected chi connectivity index (χ1v) is 6.45. The van der Waals surface area contributed by atoms with Crippen LogP contribution in [0, 0.1) is 11.6 Å². The van der Waals surface area contributed by atoms with Crippen LogP contribution >= 0.6 is 0 Å². The second-order valence-electron chi connectivity index (χ2n) is 4.75. The summed E-state index contributed by atoms with van der Waals surface area (Å²) in [6.45, 7) is 2.46. The normalized spacial score (nSPS) is 13.1. The molecule has 3 N–H and O–H groups in total. The number of carboxylic acids is 1. The van der Waals surface area contributed by atoms with Crippen molar-refractivity contribution >= 4 is 17.8 Å². The molecule has 1 rings (SSSR count). The first kappa shape index (κ1) is 17.5. The van der Waals surface area contributed by atoms with E-state index < -0.39 is 41.5 Å². The number of carbonyl (C=O) groups is 3. The lowest BCUT2D eigenvalue weighted by atomic mass is 10.0. The number of hydrogen-bond donors (Lipinski definition) is 3. The highest BCUT2D eigenvalue weighted by molar-refractivity contribution is 5.84. The summed E-state index contributed by atoms with van der Waals surface area (Å²) in [7, 11) is 0. The number of nitrogens with one attached hydrogen (secondary N) is 2. The van der Waals surface area contributed by atoms with Crippen molar-refractivity contribution in [3.8, 4) is 0 Å². The number of halogens is 2. The van der Waals surface area contributed by atoms with Crippen molar-refractivity contribution in [2.45, 2.75) is 32.4 Å². The molecule has 0 saturated heterocycles. The van der Waals surface area contributed by atoms with Crippen LogP contribution in [0.4, 0.5) is 8.78 Å². The fourth-order valence-electron chi connectivity index (χ4n) is 1.82. The molecule has 0 aromatic heterocycles. The summed E-state index contributed by atoms with van der Waals surface area (Å²) in [5, 5.41) is 13.3. The molecule has 8 heteroatoms. The van der Waals surface area contributed by atoms with Gasteiger partial charge in [0.25, 0.3) is 0 Å². The van der Waals surface area contributed by atoms with E-state index in [2.05, 4.69) is 10.6 Å². The van der Waals surface area contributed by atoms with Gasteiger partial charge in [0, 0.05) is 18.6 Å². The molecule has 22 heavy (non-hydrogen) atoms. The van der Waals surface area contributed by atoms with Gasteiger partial charge in [0.15, 0.2) is 0 Å². The molecule has 0 aliphatic rings. The molecule has 0 radical (unpaired) electrons. The van der Waals surface area contributed by atoms with E-state index in [1.807, 2.05) is 0 Å². The standard InChI is InChI=1S/C14H16F2N2O4/c1-7(14(21)22)17-13(20)6-12(18-8(2)19)10-4-3-9(15)5-11(10)16/h3-5,7,12H,6H2,1-2H3,(H,17,20)(H,18,19)(H,21,22). The maximum absolute atomic E-state index is 13.8. The molecule has 1 aromatic carbocycles. The van der Waals surface area contributed by atoms with Crippen molar-refractivity contribution in [2.24, 2.45) is 0 Å². The van der Waals surface area contributed by atoms with E-state index in [0.717, 1.165) is 12.1 Å². The summed E-state index contributed by atoms with van der Waals surface area (Å²) >= 11 is 0. The zero-order chi connectivity index (χ0) is 16.9. The Morgan fingerprint density at radius 3 is 2.36 bits per heavy atom. The molecular formula is C14H16F2N2O4. The van der Waals surface area contributed by atoms with Crippen LogP contribution in [-0.4, -0.2) is 28.9 Å². The van der Waals surface area contributed by atoms with E-state index in [0.29, 0.717) is 6.07 Å². The minimum atomic E-state index is -1.22. The Morgan fingerprint density at radius 1 is 1.23 bits per heavy atom. The van der Waals surface area contributed by atoms with Gasteiger partial charge in [-0.05, 0) is 13.0 Å². The molecule has 2 unspecified atom stereocenters. The maximum Gasteiger partial charge on any atom is 0.325 e. The largest absolute Gasteiger partial charge is 0.480 e. The Bertz CT molecular complexity index is 592. The van der Waals surface area contributed by atoms with E-state index in [4.69, 9.17) is 5.11 Å². The van der Waals surface area contributed by atoms with Crippen LogP contribution in [0.25, 0.3) is 0 Å². The smallest absolute Gasteiger partial charge is 0.325 e. The van der Waals surface area contributed by atoms with Gasteiger partial charge in [-0.25, -0.2) is 8.78 Å². The molecule has 0 aliphatic carbocycles. The van der Waals surface area contributed by atoms with Crippen LogP contribution in [-0.2, 0) is 14.4 Å². The van der Waals surface area contributed by atoms with Crippen LogP contribution in [0.15, 0.2) is 18.2 Å². The van der Waals surface area contributed by atoms with E-state index in [1.54, 1.807) is 0 Å². The first-order chi connectivity index (χ1) is 10.2. The summed E-state index contributed by atoms with van der Waals surface area (Å²) in [6, 6.07) is 0.620. The molecule has 0 spiro atoms. The molecule has 120 valence electrons. The summed E-state index contributed by atoms with van der Waals surface area (Å²) in [5.74, 6) is -4.10. The number of carbonyl (C=O) groups excluding carboxylic acids is 2. The lowest BCUT2D eigenvalue weighted by Crippen LogP contribution is -2.40.